The molecule has 20 heavy (non-hydrogen) atoms. The summed E-state index contributed by atoms with van der Waals surface area (Å²) in [6.45, 7) is 4.78. The van der Waals surface area contributed by atoms with E-state index in [2.05, 4.69) is 0 Å². The van der Waals surface area contributed by atoms with Crippen LogP contribution in [-0.4, -0.2) is 24.5 Å². The van der Waals surface area contributed by atoms with Gasteiger partial charge >= 0.3 is 0 Å². The summed E-state index contributed by atoms with van der Waals surface area (Å²) in [6.07, 6.45) is 2.44. The number of carbonyl (C=O) groups is 1. The highest BCUT2D eigenvalue weighted by Gasteiger charge is 2.26. The second-order valence-electron chi connectivity index (χ2n) is 5.14. The maximum absolute atomic E-state index is 11.2. The van der Waals surface area contributed by atoms with Gasteiger partial charge in [0.15, 0.2) is 0 Å². The van der Waals surface area contributed by atoms with Crippen LogP contribution in [-0.2, 0) is 4.79 Å². The van der Waals surface area contributed by atoms with Gasteiger partial charge < -0.3 is 20.4 Å². The van der Waals surface area contributed by atoms with Gasteiger partial charge in [0.2, 0.25) is 0 Å². The Hall–Kier alpha value is -1.39. The number of nitrogens with two attached hydrogens (primary N) is 1. The number of carbonyl (C=O) groups excluding carboxylic acids is 1. The largest absolute Gasteiger partial charge is 0.493 e. The number of rotatable bonds is 9. The summed E-state index contributed by atoms with van der Waals surface area (Å²) >= 11 is 0. The zero-order valence-corrected chi connectivity index (χ0v) is 12.3. The molecule has 1 atom stereocenters. The number of hydrogen-bond acceptors (Lipinski definition) is 4. The zero-order chi connectivity index (χ0) is 15.0. The van der Waals surface area contributed by atoms with E-state index in [1.54, 1.807) is 6.07 Å². The molecule has 0 saturated carbocycles. The summed E-state index contributed by atoms with van der Waals surface area (Å²) in [5, 5.41) is 9.92. The van der Waals surface area contributed by atoms with Gasteiger partial charge in [-0.2, -0.15) is 0 Å². The Balaban J connectivity index is 2.73. The number of hydrogen-bond donors (Lipinski definition) is 2. The lowest BCUT2D eigenvalue weighted by Gasteiger charge is -2.25. The van der Waals surface area contributed by atoms with E-state index in [9.17, 15) is 9.90 Å². The van der Waals surface area contributed by atoms with Crippen molar-refractivity contribution in [1.82, 2.24) is 0 Å². The number of aliphatic hydroxyl groups is 1. The molecule has 3 N–H and O–H groups in total. The van der Waals surface area contributed by atoms with Gasteiger partial charge in [0.1, 0.15) is 18.6 Å². The summed E-state index contributed by atoms with van der Waals surface area (Å²) in [5.74, 6) is 0.673. The third-order valence-corrected chi connectivity index (χ3v) is 3.87. The molecule has 1 unspecified atom stereocenters. The zero-order valence-electron chi connectivity index (χ0n) is 12.3. The van der Waals surface area contributed by atoms with Gasteiger partial charge in [0, 0.05) is 0 Å². The Kier molecular flexibility index (Phi) is 6.68. The van der Waals surface area contributed by atoms with Crippen LogP contribution in [0.15, 0.2) is 24.3 Å². The van der Waals surface area contributed by atoms with E-state index >= 15 is 0 Å². The molecule has 0 aliphatic carbocycles. The SMILES string of the molecule is CCC(C=O)(CC)COc1cccc(C(O)CCN)c1. The maximum Gasteiger partial charge on any atom is 0.129 e. The van der Waals surface area contributed by atoms with Gasteiger partial charge in [-0.1, -0.05) is 26.0 Å². The number of aldehydes is 1. The summed E-state index contributed by atoms with van der Waals surface area (Å²) < 4.78 is 5.74. The minimum absolute atomic E-state index is 0.361. The van der Waals surface area contributed by atoms with E-state index in [0.717, 1.165) is 24.7 Å². The number of ether oxygens (including phenoxy) is 1. The number of aliphatic hydroxyl groups excluding tert-OH is 1. The Morgan fingerprint density at radius 1 is 1.40 bits per heavy atom. The molecular formula is C16H25NO3. The molecule has 4 heteroatoms. The molecule has 0 fully saturated rings. The van der Waals surface area contributed by atoms with E-state index in [1.807, 2.05) is 32.0 Å². The van der Waals surface area contributed by atoms with Gasteiger partial charge in [-0.3, -0.25) is 0 Å². The molecule has 112 valence electrons. The highest BCUT2D eigenvalue weighted by atomic mass is 16.5. The molecular weight excluding hydrogens is 254 g/mol. The van der Waals surface area contributed by atoms with Gasteiger partial charge in [-0.05, 0) is 43.5 Å². The minimum atomic E-state index is -0.572. The van der Waals surface area contributed by atoms with Gasteiger partial charge in [0.05, 0.1) is 11.5 Å². The van der Waals surface area contributed by atoms with E-state index in [0.29, 0.717) is 25.3 Å². The lowest BCUT2D eigenvalue weighted by molar-refractivity contribution is -0.118. The third-order valence-electron chi connectivity index (χ3n) is 3.87. The fraction of sp³-hybridized carbons (Fsp3) is 0.562. The van der Waals surface area contributed by atoms with Crippen LogP contribution < -0.4 is 10.5 Å². The summed E-state index contributed by atoms with van der Waals surface area (Å²) in [4.78, 5) is 11.2. The van der Waals surface area contributed by atoms with Crippen molar-refractivity contribution in [2.75, 3.05) is 13.2 Å². The first kappa shape index (κ1) is 16.7. The molecule has 1 aromatic carbocycles. The number of benzene rings is 1. The summed E-state index contributed by atoms with van der Waals surface area (Å²) in [5.41, 5.74) is 5.81. The molecule has 0 aliphatic rings. The monoisotopic (exact) mass is 279 g/mol. The predicted molar refractivity (Wildman–Crippen MR) is 79.6 cm³/mol. The van der Waals surface area contributed by atoms with Crippen molar-refractivity contribution in [1.29, 1.82) is 0 Å². The topological polar surface area (TPSA) is 72.5 Å². The lowest BCUT2D eigenvalue weighted by atomic mass is 9.85. The van der Waals surface area contributed by atoms with Crippen molar-refractivity contribution >= 4 is 6.29 Å². The van der Waals surface area contributed by atoms with Gasteiger partial charge in [-0.15, -0.1) is 0 Å². The van der Waals surface area contributed by atoms with Crippen LogP contribution in [0.1, 0.15) is 44.8 Å². The molecule has 0 spiro atoms. The van der Waals surface area contributed by atoms with Gasteiger partial charge in [0.25, 0.3) is 0 Å². The molecule has 0 radical (unpaired) electrons. The molecule has 0 amide bonds. The highest BCUT2D eigenvalue weighted by Crippen LogP contribution is 2.26. The molecule has 0 heterocycles. The van der Waals surface area contributed by atoms with Crippen molar-refractivity contribution in [2.24, 2.45) is 11.1 Å². The molecule has 1 rings (SSSR count). The molecule has 0 bridgehead atoms. The van der Waals surface area contributed by atoms with Crippen LogP contribution >= 0.6 is 0 Å². The van der Waals surface area contributed by atoms with Crippen LogP contribution in [0, 0.1) is 5.41 Å². The Morgan fingerprint density at radius 3 is 2.65 bits per heavy atom. The quantitative estimate of drug-likeness (QED) is 0.681. The van der Waals surface area contributed by atoms with Crippen molar-refractivity contribution in [3.8, 4) is 5.75 Å². The first-order chi connectivity index (χ1) is 9.60. The summed E-state index contributed by atoms with van der Waals surface area (Å²) in [6, 6.07) is 7.32. The lowest BCUT2D eigenvalue weighted by Crippen LogP contribution is -2.28. The second kappa shape index (κ2) is 8.02. The standard InChI is InChI=1S/C16H25NO3/c1-3-16(4-2,11-18)12-20-14-7-5-6-13(10-14)15(19)8-9-17/h5-7,10-11,15,19H,3-4,8-9,12,17H2,1-2H3. The van der Waals surface area contributed by atoms with E-state index < -0.39 is 11.5 Å². The molecule has 0 aromatic heterocycles. The Bertz CT molecular complexity index is 416. The second-order valence-corrected chi connectivity index (χ2v) is 5.14. The molecule has 0 aliphatic heterocycles. The van der Waals surface area contributed by atoms with Gasteiger partial charge in [-0.25, -0.2) is 0 Å². The van der Waals surface area contributed by atoms with Crippen molar-refractivity contribution in [2.45, 2.75) is 39.2 Å². The fourth-order valence-corrected chi connectivity index (χ4v) is 2.02. The van der Waals surface area contributed by atoms with Crippen LogP contribution in [0.4, 0.5) is 0 Å². The van der Waals surface area contributed by atoms with E-state index in [1.165, 1.54) is 0 Å². The van der Waals surface area contributed by atoms with Crippen molar-refractivity contribution in [3.63, 3.8) is 0 Å². The molecule has 1 aromatic rings. The Morgan fingerprint density at radius 2 is 2.10 bits per heavy atom. The van der Waals surface area contributed by atoms with Crippen molar-refractivity contribution < 1.29 is 14.6 Å². The van der Waals surface area contributed by atoms with Crippen LogP contribution in [0.3, 0.4) is 0 Å². The third kappa shape index (κ3) is 4.32. The van der Waals surface area contributed by atoms with Crippen LogP contribution in [0.5, 0.6) is 5.75 Å². The average molecular weight is 279 g/mol. The first-order valence-electron chi connectivity index (χ1n) is 7.18. The van der Waals surface area contributed by atoms with Crippen LogP contribution in [0.2, 0.25) is 0 Å². The maximum atomic E-state index is 11.2. The van der Waals surface area contributed by atoms with Crippen molar-refractivity contribution in [3.05, 3.63) is 29.8 Å². The smallest absolute Gasteiger partial charge is 0.129 e. The minimum Gasteiger partial charge on any atom is -0.493 e. The highest BCUT2D eigenvalue weighted by molar-refractivity contribution is 5.59. The summed E-state index contributed by atoms with van der Waals surface area (Å²) in [7, 11) is 0. The van der Waals surface area contributed by atoms with E-state index in [-0.39, 0.29) is 0 Å². The van der Waals surface area contributed by atoms with Crippen LogP contribution in [0.25, 0.3) is 0 Å². The molecule has 0 saturated heterocycles. The fourth-order valence-electron chi connectivity index (χ4n) is 2.02. The first-order valence-corrected chi connectivity index (χ1v) is 7.18. The predicted octanol–water partition coefficient (Wildman–Crippen LogP) is 2.45. The Labute approximate surface area is 120 Å². The molecule has 4 nitrogen and oxygen atoms in total. The van der Waals surface area contributed by atoms with E-state index in [4.69, 9.17) is 10.5 Å². The normalized spacial score (nSPS) is 13.0. The average Bonchev–Trinajstić information content (AvgIpc) is 2.50.